The number of hydrogen-bond donors (Lipinski definition) is 1. The Balaban J connectivity index is 3.90. The van der Waals surface area contributed by atoms with Crippen molar-refractivity contribution in [2.75, 3.05) is 47.5 Å². The zero-order valence-electron chi connectivity index (χ0n) is 69.0. The average Bonchev–Trinajstić information content (AvgIpc) is 1.16. The number of esters is 2. The molecule has 0 rings (SSSR count). The van der Waals surface area contributed by atoms with E-state index in [9.17, 15) is 19.5 Å². The Morgan fingerprint density at radius 2 is 0.553 bits per heavy atom. The van der Waals surface area contributed by atoms with Gasteiger partial charge in [0.15, 0.2) is 6.10 Å². The number of ether oxygens (including phenoxy) is 4. The molecule has 0 aliphatic carbocycles. The first-order chi connectivity index (χ1) is 50.6. The van der Waals surface area contributed by atoms with Crippen molar-refractivity contribution < 1.29 is 42.9 Å². The molecule has 0 aliphatic rings. The lowest BCUT2D eigenvalue weighted by Crippen LogP contribution is -2.40. The van der Waals surface area contributed by atoms with Gasteiger partial charge in [-0.25, -0.2) is 4.79 Å². The summed E-state index contributed by atoms with van der Waals surface area (Å²) >= 11 is 0. The van der Waals surface area contributed by atoms with Crippen LogP contribution in [0, 0.1) is 0 Å². The molecule has 0 aromatic heterocycles. The number of aliphatic carboxylic acids is 1. The summed E-state index contributed by atoms with van der Waals surface area (Å²) in [4.78, 5) is 37.8. The molecule has 0 fully saturated rings. The maximum atomic E-state index is 13.0. The number of likely N-dealkylation sites (N-methyl/N-ethyl adjacent to an activating group) is 1. The highest BCUT2D eigenvalue weighted by atomic mass is 16.7. The van der Waals surface area contributed by atoms with E-state index in [4.69, 9.17) is 18.9 Å². The normalized spacial score (nSPS) is 13.0. The van der Waals surface area contributed by atoms with E-state index in [1.807, 2.05) is 21.1 Å². The molecule has 9 nitrogen and oxygen atoms in total. The van der Waals surface area contributed by atoms with Crippen LogP contribution in [0.5, 0.6) is 0 Å². The number of unbranched alkanes of at least 4 members (excludes halogenated alkanes) is 55. The summed E-state index contributed by atoms with van der Waals surface area (Å²) in [5.41, 5.74) is 0. The summed E-state index contributed by atoms with van der Waals surface area (Å²) in [5, 5.41) is 9.79. The molecule has 1 N–H and O–H groups in total. The second kappa shape index (κ2) is 84.1. The molecule has 0 spiro atoms. The quantitative estimate of drug-likeness (QED) is 0.0211. The Morgan fingerprint density at radius 3 is 0.825 bits per heavy atom. The van der Waals surface area contributed by atoms with Gasteiger partial charge < -0.3 is 28.5 Å². The predicted octanol–water partition coefficient (Wildman–Crippen LogP) is 29.3. The molecule has 0 radical (unpaired) electrons. The van der Waals surface area contributed by atoms with Crippen LogP contribution in [0.25, 0.3) is 0 Å². The Hall–Kier alpha value is -3.53. The van der Waals surface area contributed by atoms with Gasteiger partial charge in [0, 0.05) is 12.8 Å². The molecule has 0 saturated heterocycles. The molecule has 0 aromatic carbocycles. The highest BCUT2D eigenvalue weighted by molar-refractivity contribution is 5.71. The fraction of sp³-hybridized carbons (Fsp3) is 0.819. The first-order valence-corrected chi connectivity index (χ1v) is 44.8. The Labute approximate surface area is 640 Å². The Bertz CT molecular complexity index is 1980. The van der Waals surface area contributed by atoms with Crippen molar-refractivity contribution in [3.05, 3.63) is 85.1 Å². The second-order valence-corrected chi connectivity index (χ2v) is 31.5. The smallest absolute Gasteiger partial charge is 0.361 e. The number of carboxylic acids is 1. The Morgan fingerprint density at radius 1 is 0.301 bits per heavy atom. The number of carbonyl (C=O) groups is 3. The largest absolute Gasteiger partial charge is 0.477 e. The second-order valence-electron chi connectivity index (χ2n) is 31.5. The molecular formula is C94H172NO8+. The van der Waals surface area contributed by atoms with E-state index in [0.29, 0.717) is 17.4 Å². The molecule has 2 unspecified atom stereocenters. The third-order valence-corrected chi connectivity index (χ3v) is 20.1. The van der Waals surface area contributed by atoms with E-state index < -0.39 is 18.4 Å². The lowest BCUT2D eigenvalue weighted by Gasteiger charge is -2.25. The zero-order valence-corrected chi connectivity index (χ0v) is 69.0. The van der Waals surface area contributed by atoms with Crippen molar-refractivity contribution in [3.63, 3.8) is 0 Å². The molecule has 0 amide bonds. The van der Waals surface area contributed by atoms with Crippen LogP contribution < -0.4 is 0 Å². The van der Waals surface area contributed by atoms with Crippen LogP contribution in [0.15, 0.2) is 85.1 Å². The van der Waals surface area contributed by atoms with Gasteiger partial charge in [-0.3, -0.25) is 9.59 Å². The fourth-order valence-corrected chi connectivity index (χ4v) is 13.4. The minimum Gasteiger partial charge on any atom is -0.477 e. The van der Waals surface area contributed by atoms with E-state index in [1.54, 1.807) is 0 Å². The van der Waals surface area contributed by atoms with Gasteiger partial charge in [0.25, 0.3) is 6.29 Å². The van der Waals surface area contributed by atoms with Crippen LogP contribution in [-0.4, -0.2) is 87.4 Å². The number of quaternary nitrogens is 1. The van der Waals surface area contributed by atoms with Gasteiger partial charge in [-0.05, 0) is 89.9 Å². The van der Waals surface area contributed by atoms with E-state index >= 15 is 0 Å². The summed E-state index contributed by atoms with van der Waals surface area (Å²) in [5.74, 6) is -1.97. The van der Waals surface area contributed by atoms with Crippen LogP contribution in [-0.2, 0) is 33.3 Å². The molecule has 0 heterocycles. The topological polar surface area (TPSA) is 108 Å². The Kier molecular flexibility index (Phi) is 81.2. The summed E-state index contributed by atoms with van der Waals surface area (Å²) in [7, 11) is 6.00. The SMILES string of the molecule is CC/C=C\C/C=C\C/C=C\C/C=C\C/C=C\CCCCCCCCCCCCCCCCCCCCCCCC(=O)OC(COC(=O)CCCCCCCCCCCCCCCCCCCCCCCCCCCCCCC/C=C\C/C=C\CCCCCCC)COC(OCC[N+](C)(C)C)C(=O)O. The molecule has 9 heteroatoms. The van der Waals surface area contributed by atoms with Crippen molar-refractivity contribution in [2.24, 2.45) is 0 Å². The summed E-state index contributed by atoms with van der Waals surface area (Å²) < 4.78 is 23.1. The molecular weight excluding hydrogens is 1270 g/mol. The van der Waals surface area contributed by atoms with Gasteiger partial charge >= 0.3 is 17.9 Å². The monoisotopic (exact) mass is 1440 g/mol. The fourth-order valence-electron chi connectivity index (χ4n) is 13.4. The van der Waals surface area contributed by atoms with Crippen molar-refractivity contribution in [1.29, 1.82) is 0 Å². The van der Waals surface area contributed by atoms with Crippen LogP contribution in [0.3, 0.4) is 0 Å². The number of hydrogen-bond acceptors (Lipinski definition) is 7. The lowest BCUT2D eigenvalue weighted by molar-refractivity contribution is -0.870. The number of carboxylic acid groups (broad SMARTS) is 1. The van der Waals surface area contributed by atoms with Gasteiger partial charge in [-0.15, -0.1) is 0 Å². The van der Waals surface area contributed by atoms with E-state index in [-0.39, 0.29) is 38.2 Å². The van der Waals surface area contributed by atoms with Crippen molar-refractivity contribution in [1.82, 2.24) is 0 Å². The zero-order chi connectivity index (χ0) is 74.6. The van der Waals surface area contributed by atoms with Crippen LogP contribution >= 0.6 is 0 Å². The first-order valence-electron chi connectivity index (χ1n) is 44.8. The highest BCUT2D eigenvalue weighted by Gasteiger charge is 2.25. The molecule has 0 bridgehead atoms. The third-order valence-electron chi connectivity index (χ3n) is 20.1. The molecule has 103 heavy (non-hydrogen) atoms. The maximum absolute atomic E-state index is 13.0. The predicted molar refractivity (Wildman–Crippen MR) is 447 cm³/mol. The maximum Gasteiger partial charge on any atom is 0.361 e. The average molecular weight is 1440 g/mol. The molecule has 0 saturated carbocycles. The number of carbonyl (C=O) groups excluding carboxylic acids is 2. The van der Waals surface area contributed by atoms with Gasteiger partial charge in [0.05, 0.1) is 34.4 Å². The van der Waals surface area contributed by atoms with Gasteiger partial charge in [0.2, 0.25) is 0 Å². The number of rotatable bonds is 84. The van der Waals surface area contributed by atoms with E-state index in [0.717, 1.165) is 77.0 Å². The van der Waals surface area contributed by atoms with E-state index in [2.05, 4.69) is 98.9 Å². The van der Waals surface area contributed by atoms with Crippen LogP contribution in [0.1, 0.15) is 438 Å². The van der Waals surface area contributed by atoms with Crippen molar-refractivity contribution in [3.8, 4) is 0 Å². The minimum absolute atomic E-state index is 0.177. The lowest BCUT2D eigenvalue weighted by atomic mass is 10.0. The van der Waals surface area contributed by atoms with Crippen molar-refractivity contribution >= 4 is 17.9 Å². The molecule has 0 aliphatic heterocycles. The summed E-state index contributed by atoms with van der Waals surface area (Å²) in [6.45, 7) is 4.82. The minimum atomic E-state index is -1.51. The first kappa shape index (κ1) is 99.5. The van der Waals surface area contributed by atoms with Crippen LogP contribution in [0.2, 0.25) is 0 Å². The molecule has 2 atom stereocenters. The van der Waals surface area contributed by atoms with Gasteiger partial charge in [-0.2, -0.15) is 0 Å². The standard InChI is InChI=1S/C94H171NO8/c1-6-8-10-12-14-16-18-20-22-24-26-28-30-32-34-36-38-40-42-44-45-46-47-49-50-52-54-56-58-60-62-64-66-68-70-72-74-76-78-80-82-84-91(96)101-88-90(89-102-94(93(98)99)100-87-86-95(3,4)5)103-92(97)85-83-81-79-77-75-73-71-69-67-65-63-61-59-57-55-53-51-48-43-41-39-37-35-33-31-29-27-25-23-21-19-17-15-13-11-9-7-2/h9,11,15,17-18,20-21,23-24,26-27,29,33,35,90,94H,6-8,10,12-14,16,19,22,25,28,30-32,34,36-89H2,1-5H3/p+1/b11-9-,17-15-,20-18-,23-21-,26-24-,29-27-,35-33-. The van der Waals surface area contributed by atoms with E-state index in [1.165, 1.54) is 334 Å². The highest BCUT2D eigenvalue weighted by Crippen LogP contribution is 2.20. The van der Waals surface area contributed by atoms with Gasteiger partial charge in [-0.1, -0.05) is 420 Å². The summed E-state index contributed by atoms with van der Waals surface area (Å²) in [6.07, 6.45) is 114. The number of nitrogens with zero attached hydrogens (tertiary/aromatic N) is 1. The molecule has 0 aromatic rings. The third kappa shape index (κ3) is 85.6. The number of allylic oxidation sites excluding steroid dienone is 14. The van der Waals surface area contributed by atoms with Crippen molar-refractivity contribution in [2.45, 2.75) is 450 Å². The van der Waals surface area contributed by atoms with Crippen LogP contribution in [0.4, 0.5) is 0 Å². The van der Waals surface area contributed by atoms with Gasteiger partial charge in [0.1, 0.15) is 13.2 Å². The summed E-state index contributed by atoms with van der Waals surface area (Å²) in [6, 6.07) is 0. The molecule has 600 valence electrons.